The average molecular weight is 231 g/mol. The van der Waals surface area contributed by atoms with Gasteiger partial charge in [-0.2, -0.15) is 0 Å². The highest BCUT2D eigenvalue weighted by Gasteiger charge is 2.21. The third kappa shape index (κ3) is 4.35. The second kappa shape index (κ2) is 7.44. The van der Waals surface area contributed by atoms with Gasteiger partial charge in [0.15, 0.2) is 0 Å². The molecule has 4 nitrogen and oxygen atoms in total. The predicted octanol–water partition coefficient (Wildman–Crippen LogP) is 1.13. The van der Waals surface area contributed by atoms with Gasteiger partial charge in [0.05, 0.1) is 6.67 Å². The Morgan fingerprint density at radius 1 is 1.44 bits per heavy atom. The fraction of sp³-hybridized carbons (Fsp3) is 0.909. The first kappa shape index (κ1) is 13.2. The number of urea groups is 1. The van der Waals surface area contributed by atoms with E-state index in [0.29, 0.717) is 19.0 Å². The highest BCUT2D eigenvalue weighted by atomic mass is 19.1. The maximum atomic E-state index is 11.9. The standard InChI is InChI=1S/C11H22FN3O/c1-2-13-11(16)15-8-4-10(5-9-15)14-7-3-6-12/h10,14H,2-9H2,1H3,(H,13,16). The van der Waals surface area contributed by atoms with Crippen LogP contribution >= 0.6 is 0 Å². The summed E-state index contributed by atoms with van der Waals surface area (Å²) in [6.45, 7) is 4.65. The van der Waals surface area contributed by atoms with Gasteiger partial charge in [0.2, 0.25) is 0 Å². The molecule has 0 spiro atoms. The summed E-state index contributed by atoms with van der Waals surface area (Å²) >= 11 is 0. The summed E-state index contributed by atoms with van der Waals surface area (Å²) in [5.41, 5.74) is 0. The zero-order valence-corrected chi connectivity index (χ0v) is 9.97. The van der Waals surface area contributed by atoms with Crippen LogP contribution < -0.4 is 10.6 Å². The molecule has 1 fully saturated rings. The number of amides is 2. The number of rotatable bonds is 5. The van der Waals surface area contributed by atoms with Crippen molar-refractivity contribution in [1.82, 2.24) is 15.5 Å². The van der Waals surface area contributed by atoms with Crippen LogP contribution in [0, 0.1) is 0 Å². The molecule has 2 N–H and O–H groups in total. The molecule has 0 aromatic rings. The maximum Gasteiger partial charge on any atom is 0.317 e. The molecule has 0 unspecified atom stereocenters. The van der Waals surface area contributed by atoms with Gasteiger partial charge in [0, 0.05) is 25.7 Å². The monoisotopic (exact) mass is 231 g/mol. The molecule has 0 radical (unpaired) electrons. The number of alkyl halides is 1. The molecule has 0 saturated carbocycles. The summed E-state index contributed by atoms with van der Waals surface area (Å²) < 4.78 is 11.9. The lowest BCUT2D eigenvalue weighted by atomic mass is 10.1. The van der Waals surface area contributed by atoms with Gasteiger partial charge in [-0.1, -0.05) is 0 Å². The van der Waals surface area contributed by atoms with Gasteiger partial charge in [-0.25, -0.2) is 4.79 Å². The Morgan fingerprint density at radius 2 is 2.12 bits per heavy atom. The van der Waals surface area contributed by atoms with Crippen LogP contribution in [-0.4, -0.2) is 49.8 Å². The van der Waals surface area contributed by atoms with Crippen molar-refractivity contribution in [2.45, 2.75) is 32.2 Å². The summed E-state index contributed by atoms with van der Waals surface area (Å²) in [6, 6.07) is 0.474. The molecule has 0 atom stereocenters. The SMILES string of the molecule is CCNC(=O)N1CCC(NCCCF)CC1. The van der Waals surface area contributed by atoms with Crippen molar-refractivity contribution in [3.8, 4) is 0 Å². The van der Waals surface area contributed by atoms with Crippen LogP contribution in [0.3, 0.4) is 0 Å². The van der Waals surface area contributed by atoms with E-state index in [9.17, 15) is 9.18 Å². The number of carbonyl (C=O) groups excluding carboxylic acids is 1. The minimum absolute atomic E-state index is 0.0321. The van der Waals surface area contributed by atoms with E-state index >= 15 is 0 Å². The molecule has 0 bridgehead atoms. The molecule has 1 rings (SSSR count). The highest BCUT2D eigenvalue weighted by molar-refractivity contribution is 5.74. The molecule has 0 aromatic carbocycles. The van der Waals surface area contributed by atoms with Crippen LogP contribution in [0.1, 0.15) is 26.2 Å². The zero-order chi connectivity index (χ0) is 11.8. The van der Waals surface area contributed by atoms with Gasteiger partial charge in [-0.15, -0.1) is 0 Å². The predicted molar refractivity (Wildman–Crippen MR) is 62.3 cm³/mol. The molecule has 1 saturated heterocycles. The average Bonchev–Trinajstić information content (AvgIpc) is 2.30. The summed E-state index contributed by atoms with van der Waals surface area (Å²) in [5, 5.41) is 6.11. The molecule has 1 aliphatic heterocycles. The first-order valence-electron chi connectivity index (χ1n) is 6.10. The number of halogens is 1. The van der Waals surface area contributed by atoms with Crippen LogP contribution in [0.25, 0.3) is 0 Å². The van der Waals surface area contributed by atoms with Gasteiger partial charge >= 0.3 is 6.03 Å². The molecule has 0 aromatic heterocycles. The number of carbonyl (C=O) groups is 1. The number of nitrogens with zero attached hydrogens (tertiary/aromatic N) is 1. The highest BCUT2D eigenvalue weighted by Crippen LogP contribution is 2.10. The van der Waals surface area contributed by atoms with Gasteiger partial charge in [0.25, 0.3) is 0 Å². The Bertz CT molecular complexity index is 205. The van der Waals surface area contributed by atoms with Crippen molar-refractivity contribution >= 4 is 6.03 Å². The van der Waals surface area contributed by atoms with Crippen molar-refractivity contribution in [3.05, 3.63) is 0 Å². The lowest BCUT2D eigenvalue weighted by Gasteiger charge is -2.32. The largest absolute Gasteiger partial charge is 0.338 e. The number of hydrogen-bond donors (Lipinski definition) is 2. The smallest absolute Gasteiger partial charge is 0.317 e. The van der Waals surface area contributed by atoms with Crippen LogP contribution in [0.2, 0.25) is 0 Å². The fourth-order valence-corrected chi connectivity index (χ4v) is 1.92. The molecule has 1 heterocycles. The Balaban J connectivity index is 2.15. The van der Waals surface area contributed by atoms with Gasteiger partial charge in [-0.3, -0.25) is 4.39 Å². The first-order valence-corrected chi connectivity index (χ1v) is 6.10. The Morgan fingerprint density at radius 3 is 2.69 bits per heavy atom. The van der Waals surface area contributed by atoms with Gasteiger partial charge in [-0.05, 0) is 32.7 Å². The third-order valence-corrected chi connectivity index (χ3v) is 2.85. The van der Waals surface area contributed by atoms with Crippen molar-refractivity contribution in [2.75, 3.05) is 32.9 Å². The van der Waals surface area contributed by atoms with E-state index in [0.717, 1.165) is 32.5 Å². The van der Waals surface area contributed by atoms with Crippen LogP contribution in [-0.2, 0) is 0 Å². The summed E-state index contributed by atoms with van der Waals surface area (Å²) in [6.07, 6.45) is 2.50. The Labute approximate surface area is 96.6 Å². The van der Waals surface area contributed by atoms with Crippen LogP contribution in [0.5, 0.6) is 0 Å². The summed E-state index contributed by atoms with van der Waals surface area (Å²) in [5.74, 6) is 0. The minimum Gasteiger partial charge on any atom is -0.338 e. The van der Waals surface area contributed by atoms with E-state index < -0.39 is 0 Å². The van der Waals surface area contributed by atoms with E-state index in [1.54, 1.807) is 0 Å². The minimum atomic E-state index is -0.259. The molecular weight excluding hydrogens is 209 g/mol. The van der Waals surface area contributed by atoms with Crippen LogP contribution in [0.4, 0.5) is 9.18 Å². The second-order valence-electron chi connectivity index (χ2n) is 4.09. The normalized spacial score (nSPS) is 17.5. The summed E-state index contributed by atoms with van der Waals surface area (Å²) in [7, 11) is 0. The molecule has 0 aliphatic carbocycles. The maximum absolute atomic E-state index is 11.9. The lowest BCUT2D eigenvalue weighted by Crippen LogP contribution is -2.48. The van der Waals surface area contributed by atoms with Crippen molar-refractivity contribution in [2.24, 2.45) is 0 Å². The number of piperidine rings is 1. The zero-order valence-electron chi connectivity index (χ0n) is 9.97. The van der Waals surface area contributed by atoms with E-state index in [-0.39, 0.29) is 12.7 Å². The topological polar surface area (TPSA) is 44.4 Å². The number of likely N-dealkylation sites (tertiary alicyclic amines) is 1. The van der Waals surface area contributed by atoms with E-state index in [4.69, 9.17) is 0 Å². The van der Waals surface area contributed by atoms with E-state index in [1.165, 1.54) is 0 Å². The summed E-state index contributed by atoms with van der Waals surface area (Å²) in [4.78, 5) is 13.4. The first-order chi connectivity index (χ1) is 7.77. The molecular formula is C11H22FN3O. The number of nitrogens with one attached hydrogen (secondary N) is 2. The third-order valence-electron chi connectivity index (χ3n) is 2.85. The fourth-order valence-electron chi connectivity index (χ4n) is 1.92. The quantitative estimate of drug-likeness (QED) is 0.697. The molecule has 94 valence electrons. The van der Waals surface area contributed by atoms with E-state index in [1.807, 2.05) is 11.8 Å². The van der Waals surface area contributed by atoms with Gasteiger partial charge in [0.1, 0.15) is 0 Å². The van der Waals surface area contributed by atoms with Gasteiger partial charge < -0.3 is 15.5 Å². The van der Waals surface area contributed by atoms with Crippen molar-refractivity contribution in [1.29, 1.82) is 0 Å². The van der Waals surface area contributed by atoms with Crippen molar-refractivity contribution < 1.29 is 9.18 Å². The molecule has 16 heavy (non-hydrogen) atoms. The molecule has 1 aliphatic rings. The Hall–Kier alpha value is -0.840. The molecule has 5 heteroatoms. The second-order valence-corrected chi connectivity index (χ2v) is 4.09. The Kier molecular flexibility index (Phi) is 6.15. The lowest BCUT2D eigenvalue weighted by molar-refractivity contribution is 0.177. The van der Waals surface area contributed by atoms with Crippen LogP contribution in [0.15, 0.2) is 0 Å². The van der Waals surface area contributed by atoms with Crippen molar-refractivity contribution in [3.63, 3.8) is 0 Å². The number of hydrogen-bond acceptors (Lipinski definition) is 2. The van der Waals surface area contributed by atoms with E-state index in [2.05, 4.69) is 10.6 Å². The molecule has 2 amide bonds.